The molecule has 9 heteroatoms. The molecule has 3 amide bonds. The molecule has 196 valence electrons. The number of hydrogen-bond donors (Lipinski definition) is 1. The number of halogens is 1. The molecular formula is C30H26IN5O3. The zero-order valence-electron chi connectivity index (χ0n) is 21.4. The van der Waals surface area contributed by atoms with Crippen molar-refractivity contribution in [3.63, 3.8) is 0 Å². The van der Waals surface area contributed by atoms with E-state index < -0.39 is 11.8 Å². The number of aromatic amines is 1. The quantitative estimate of drug-likeness (QED) is 0.177. The lowest BCUT2D eigenvalue weighted by molar-refractivity contribution is -0.131. The van der Waals surface area contributed by atoms with Gasteiger partial charge in [0.2, 0.25) is 5.91 Å². The van der Waals surface area contributed by atoms with E-state index in [4.69, 9.17) is 0 Å². The highest BCUT2D eigenvalue weighted by Gasteiger charge is 2.33. The van der Waals surface area contributed by atoms with Crippen molar-refractivity contribution in [3.05, 3.63) is 106 Å². The van der Waals surface area contributed by atoms with Crippen LogP contribution in [0.5, 0.6) is 0 Å². The molecule has 1 aliphatic heterocycles. The molecule has 1 aliphatic rings. The van der Waals surface area contributed by atoms with Gasteiger partial charge in [-0.1, -0.05) is 36.4 Å². The van der Waals surface area contributed by atoms with Crippen LogP contribution in [-0.2, 0) is 14.4 Å². The SMILES string of the molecule is CC(C)N(C(=O)CN1C=CN(c2ccccc2)C(=O)/C(=C/c2[nH]nc3ccccc23)C1=O)c1ccc(I)cc1. The third-order valence-electron chi connectivity index (χ3n) is 6.35. The second kappa shape index (κ2) is 11.2. The molecule has 1 aromatic heterocycles. The number of amides is 3. The highest BCUT2D eigenvalue weighted by Crippen LogP contribution is 2.26. The number of rotatable bonds is 6. The lowest BCUT2D eigenvalue weighted by Gasteiger charge is -2.29. The van der Waals surface area contributed by atoms with Gasteiger partial charge in [0.25, 0.3) is 11.8 Å². The van der Waals surface area contributed by atoms with Gasteiger partial charge in [0, 0.05) is 38.8 Å². The van der Waals surface area contributed by atoms with Gasteiger partial charge >= 0.3 is 0 Å². The molecule has 0 atom stereocenters. The van der Waals surface area contributed by atoms with Crippen molar-refractivity contribution in [1.82, 2.24) is 15.1 Å². The van der Waals surface area contributed by atoms with Gasteiger partial charge in [-0.15, -0.1) is 0 Å². The number of fused-ring (bicyclic) bond motifs is 1. The van der Waals surface area contributed by atoms with Gasteiger partial charge in [-0.05, 0) is 85.0 Å². The topological polar surface area (TPSA) is 89.6 Å². The number of nitrogens with zero attached hydrogens (tertiary/aromatic N) is 4. The fourth-order valence-corrected chi connectivity index (χ4v) is 4.85. The molecule has 0 saturated carbocycles. The number of anilines is 2. The molecule has 39 heavy (non-hydrogen) atoms. The Labute approximate surface area is 239 Å². The summed E-state index contributed by atoms with van der Waals surface area (Å²) >= 11 is 2.22. The summed E-state index contributed by atoms with van der Waals surface area (Å²) in [5, 5.41) is 8.00. The van der Waals surface area contributed by atoms with E-state index in [1.807, 2.05) is 80.6 Å². The van der Waals surface area contributed by atoms with Crippen LogP contribution >= 0.6 is 22.6 Å². The Morgan fingerprint density at radius 1 is 0.949 bits per heavy atom. The van der Waals surface area contributed by atoms with Crippen molar-refractivity contribution in [2.75, 3.05) is 16.3 Å². The van der Waals surface area contributed by atoms with Crippen molar-refractivity contribution < 1.29 is 14.4 Å². The van der Waals surface area contributed by atoms with E-state index in [1.54, 1.807) is 17.0 Å². The summed E-state index contributed by atoms with van der Waals surface area (Å²) in [5.41, 5.74) is 2.50. The standard InChI is InChI=1S/C30H26IN5O3/c1-20(2)36(23-14-12-21(31)13-15-23)28(37)19-34-16-17-35(22-8-4-3-5-9-22)30(39)25(29(34)38)18-27-24-10-6-7-11-26(24)32-33-27/h3-18,20H,19H2,1-2H3,(H,32,33)/b25-18+. The van der Waals surface area contributed by atoms with Gasteiger partial charge in [0.05, 0.1) is 11.2 Å². The first-order chi connectivity index (χ1) is 18.8. The van der Waals surface area contributed by atoms with Crippen molar-refractivity contribution in [3.8, 4) is 0 Å². The summed E-state index contributed by atoms with van der Waals surface area (Å²) in [6.45, 7) is 3.60. The van der Waals surface area contributed by atoms with Crippen LogP contribution < -0.4 is 9.80 Å². The van der Waals surface area contributed by atoms with Gasteiger partial charge in [-0.25, -0.2) is 0 Å². The molecule has 3 aromatic carbocycles. The number of para-hydroxylation sites is 2. The van der Waals surface area contributed by atoms with Crippen LogP contribution in [0.3, 0.4) is 0 Å². The lowest BCUT2D eigenvalue weighted by atomic mass is 10.1. The predicted octanol–water partition coefficient (Wildman–Crippen LogP) is 5.34. The molecule has 0 bridgehead atoms. The number of benzene rings is 3. The monoisotopic (exact) mass is 631 g/mol. The maximum atomic E-state index is 13.9. The van der Waals surface area contributed by atoms with E-state index in [9.17, 15) is 14.4 Å². The van der Waals surface area contributed by atoms with E-state index in [0.717, 1.165) is 14.6 Å². The molecule has 0 spiro atoms. The number of hydrogen-bond acceptors (Lipinski definition) is 4. The minimum atomic E-state index is -0.576. The maximum Gasteiger partial charge on any atom is 0.268 e. The van der Waals surface area contributed by atoms with Crippen LogP contribution in [0.15, 0.2) is 96.8 Å². The number of H-pyrrole nitrogens is 1. The van der Waals surface area contributed by atoms with Crippen LogP contribution in [-0.4, -0.2) is 45.4 Å². The number of carbonyl (C=O) groups excluding carboxylic acids is 3. The fraction of sp³-hybridized carbons (Fsp3) is 0.133. The van der Waals surface area contributed by atoms with Crippen LogP contribution in [0.1, 0.15) is 19.5 Å². The smallest absolute Gasteiger partial charge is 0.268 e. The Bertz CT molecular complexity index is 1590. The summed E-state index contributed by atoms with van der Waals surface area (Å²) in [7, 11) is 0. The zero-order chi connectivity index (χ0) is 27.5. The normalized spacial score (nSPS) is 14.9. The summed E-state index contributed by atoms with van der Waals surface area (Å²) in [6.07, 6.45) is 4.53. The molecule has 0 fully saturated rings. The molecule has 0 radical (unpaired) electrons. The van der Waals surface area contributed by atoms with Gasteiger partial charge < -0.3 is 9.80 Å². The molecule has 8 nitrogen and oxygen atoms in total. The number of aromatic nitrogens is 2. The first-order valence-electron chi connectivity index (χ1n) is 12.4. The van der Waals surface area contributed by atoms with Crippen molar-refractivity contribution in [2.45, 2.75) is 19.9 Å². The van der Waals surface area contributed by atoms with Crippen LogP contribution in [0, 0.1) is 3.57 Å². The van der Waals surface area contributed by atoms with Crippen LogP contribution in [0.4, 0.5) is 11.4 Å². The Morgan fingerprint density at radius 3 is 2.36 bits per heavy atom. The van der Waals surface area contributed by atoms with Gasteiger partial charge in [-0.2, -0.15) is 5.10 Å². The van der Waals surface area contributed by atoms with Gasteiger partial charge in [0.15, 0.2) is 0 Å². The Kier molecular flexibility index (Phi) is 7.60. The molecule has 0 saturated heterocycles. The molecular weight excluding hydrogens is 605 g/mol. The zero-order valence-corrected chi connectivity index (χ0v) is 23.6. The van der Waals surface area contributed by atoms with Gasteiger partial charge in [0.1, 0.15) is 12.1 Å². The highest BCUT2D eigenvalue weighted by atomic mass is 127. The summed E-state index contributed by atoms with van der Waals surface area (Å²) in [6, 6.07) is 24.0. The average Bonchev–Trinajstić information content (AvgIpc) is 3.30. The van der Waals surface area contributed by atoms with Crippen LogP contribution in [0.25, 0.3) is 17.0 Å². The largest absolute Gasteiger partial charge is 0.308 e. The lowest BCUT2D eigenvalue weighted by Crippen LogP contribution is -2.44. The second-order valence-electron chi connectivity index (χ2n) is 9.29. The van der Waals surface area contributed by atoms with Crippen molar-refractivity contribution >= 4 is 68.7 Å². The van der Waals surface area contributed by atoms with E-state index in [-0.39, 0.29) is 24.1 Å². The minimum absolute atomic E-state index is 0.0867. The van der Waals surface area contributed by atoms with Crippen molar-refractivity contribution in [1.29, 1.82) is 0 Å². The number of carbonyl (C=O) groups is 3. The maximum absolute atomic E-state index is 13.9. The predicted molar refractivity (Wildman–Crippen MR) is 161 cm³/mol. The minimum Gasteiger partial charge on any atom is -0.308 e. The summed E-state index contributed by atoms with van der Waals surface area (Å²) < 4.78 is 1.05. The fourth-order valence-electron chi connectivity index (χ4n) is 4.49. The van der Waals surface area contributed by atoms with E-state index in [1.165, 1.54) is 28.3 Å². The van der Waals surface area contributed by atoms with E-state index in [2.05, 4.69) is 32.8 Å². The Balaban J connectivity index is 1.54. The first-order valence-corrected chi connectivity index (χ1v) is 13.5. The summed E-state index contributed by atoms with van der Waals surface area (Å²) in [4.78, 5) is 45.6. The Hall–Kier alpha value is -4.25. The summed E-state index contributed by atoms with van der Waals surface area (Å²) in [5.74, 6) is -1.35. The molecule has 0 unspecified atom stereocenters. The van der Waals surface area contributed by atoms with E-state index in [0.29, 0.717) is 16.9 Å². The van der Waals surface area contributed by atoms with Crippen molar-refractivity contribution in [2.24, 2.45) is 0 Å². The molecule has 1 N–H and O–H groups in total. The van der Waals surface area contributed by atoms with Gasteiger partial charge in [-0.3, -0.25) is 24.4 Å². The average molecular weight is 631 g/mol. The molecule has 4 aromatic rings. The molecule has 5 rings (SSSR count). The second-order valence-corrected chi connectivity index (χ2v) is 10.5. The number of nitrogens with one attached hydrogen (secondary N) is 1. The first kappa shape index (κ1) is 26.4. The third-order valence-corrected chi connectivity index (χ3v) is 7.06. The van der Waals surface area contributed by atoms with Crippen LogP contribution in [0.2, 0.25) is 0 Å². The molecule has 0 aliphatic carbocycles. The van der Waals surface area contributed by atoms with E-state index >= 15 is 0 Å². The Morgan fingerprint density at radius 2 is 1.64 bits per heavy atom. The molecule has 2 heterocycles. The highest BCUT2D eigenvalue weighted by molar-refractivity contribution is 14.1. The third kappa shape index (κ3) is 5.49.